The molecular formula is C17H17NO. The van der Waals surface area contributed by atoms with Crippen LogP contribution in [0.4, 0.5) is 0 Å². The molecule has 1 aliphatic heterocycles. The van der Waals surface area contributed by atoms with Gasteiger partial charge in [-0.05, 0) is 17.5 Å². The minimum absolute atomic E-state index is 0.0461. The lowest BCUT2D eigenvalue weighted by Crippen LogP contribution is -2.24. The van der Waals surface area contributed by atoms with E-state index >= 15 is 0 Å². The second-order valence-corrected chi connectivity index (χ2v) is 4.99. The highest BCUT2D eigenvalue weighted by Crippen LogP contribution is 2.35. The van der Waals surface area contributed by atoms with Crippen LogP contribution in [0.2, 0.25) is 0 Å². The molecule has 1 amide bonds. The Morgan fingerprint density at radius 1 is 0.895 bits per heavy atom. The van der Waals surface area contributed by atoms with Gasteiger partial charge in [0.1, 0.15) is 0 Å². The van der Waals surface area contributed by atoms with Gasteiger partial charge in [-0.3, -0.25) is 4.79 Å². The third-order valence-corrected chi connectivity index (χ3v) is 3.81. The molecule has 1 atom stereocenters. The molecule has 1 fully saturated rings. The Morgan fingerprint density at radius 3 is 1.84 bits per heavy atom. The summed E-state index contributed by atoms with van der Waals surface area (Å²) in [5, 5.41) is 2.95. The van der Waals surface area contributed by atoms with E-state index in [1.54, 1.807) is 0 Å². The predicted molar refractivity (Wildman–Crippen MR) is 75.8 cm³/mol. The van der Waals surface area contributed by atoms with Crippen LogP contribution in [-0.4, -0.2) is 12.5 Å². The van der Waals surface area contributed by atoms with Crippen molar-refractivity contribution in [1.82, 2.24) is 5.32 Å². The number of carbonyl (C=O) groups excluding carboxylic acids is 1. The quantitative estimate of drug-likeness (QED) is 0.892. The summed E-state index contributed by atoms with van der Waals surface area (Å²) in [6.07, 6.45) is 0.910. The SMILES string of the molecule is O=C1NCCC1C(c1ccccc1)c1ccccc1. The minimum atomic E-state index is 0.0461. The highest BCUT2D eigenvalue weighted by molar-refractivity contribution is 5.82. The summed E-state index contributed by atoms with van der Waals surface area (Å²) in [4.78, 5) is 12.1. The molecule has 2 nitrogen and oxygen atoms in total. The van der Waals surface area contributed by atoms with Gasteiger partial charge >= 0.3 is 0 Å². The van der Waals surface area contributed by atoms with E-state index in [9.17, 15) is 4.79 Å². The van der Waals surface area contributed by atoms with Crippen molar-refractivity contribution < 1.29 is 4.79 Å². The van der Waals surface area contributed by atoms with Crippen LogP contribution in [0, 0.1) is 5.92 Å². The summed E-state index contributed by atoms with van der Waals surface area (Å²) >= 11 is 0. The van der Waals surface area contributed by atoms with E-state index < -0.39 is 0 Å². The fraction of sp³-hybridized carbons (Fsp3) is 0.235. The number of benzene rings is 2. The van der Waals surface area contributed by atoms with E-state index in [0.29, 0.717) is 0 Å². The average molecular weight is 251 g/mol. The third kappa shape index (κ3) is 2.39. The lowest BCUT2D eigenvalue weighted by molar-refractivity contribution is -0.122. The minimum Gasteiger partial charge on any atom is -0.356 e. The molecule has 0 radical (unpaired) electrons. The molecule has 1 unspecified atom stereocenters. The van der Waals surface area contributed by atoms with Gasteiger partial charge in [-0.15, -0.1) is 0 Å². The fourth-order valence-corrected chi connectivity index (χ4v) is 2.91. The largest absolute Gasteiger partial charge is 0.356 e. The Bertz CT molecular complexity index is 510. The van der Waals surface area contributed by atoms with Crippen molar-refractivity contribution >= 4 is 5.91 Å². The second-order valence-electron chi connectivity index (χ2n) is 4.99. The molecule has 0 aromatic heterocycles. The van der Waals surface area contributed by atoms with E-state index in [2.05, 4.69) is 29.6 Å². The zero-order valence-corrected chi connectivity index (χ0v) is 10.8. The maximum absolute atomic E-state index is 12.1. The smallest absolute Gasteiger partial charge is 0.224 e. The van der Waals surface area contributed by atoms with E-state index in [4.69, 9.17) is 0 Å². The Hall–Kier alpha value is -2.09. The lowest BCUT2D eigenvalue weighted by atomic mass is 9.80. The summed E-state index contributed by atoms with van der Waals surface area (Å²) in [7, 11) is 0. The van der Waals surface area contributed by atoms with Crippen LogP contribution < -0.4 is 5.32 Å². The van der Waals surface area contributed by atoms with Crippen LogP contribution >= 0.6 is 0 Å². The molecule has 1 N–H and O–H groups in total. The molecule has 2 heteroatoms. The molecule has 1 aliphatic rings. The van der Waals surface area contributed by atoms with Crippen molar-refractivity contribution in [2.75, 3.05) is 6.54 Å². The number of rotatable bonds is 3. The predicted octanol–water partition coefficient (Wildman–Crippen LogP) is 2.95. The Morgan fingerprint density at radius 2 is 1.42 bits per heavy atom. The number of hydrogen-bond donors (Lipinski definition) is 1. The van der Waals surface area contributed by atoms with E-state index in [0.717, 1.165) is 13.0 Å². The van der Waals surface area contributed by atoms with E-state index in [1.165, 1.54) is 11.1 Å². The van der Waals surface area contributed by atoms with Gasteiger partial charge in [0.25, 0.3) is 0 Å². The van der Waals surface area contributed by atoms with Gasteiger partial charge in [0, 0.05) is 12.5 Å². The van der Waals surface area contributed by atoms with Crippen molar-refractivity contribution in [2.45, 2.75) is 12.3 Å². The molecule has 1 saturated heterocycles. The van der Waals surface area contributed by atoms with E-state index in [1.807, 2.05) is 36.4 Å². The van der Waals surface area contributed by atoms with Gasteiger partial charge < -0.3 is 5.32 Å². The topological polar surface area (TPSA) is 29.1 Å². The number of nitrogens with one attached hydrogen (secondary N) is 1. The van der Waals surface area contributed by atoms with Gasteiger partial charge in [-0.2, -0.15) is 0 Å². The second kappa shape index (κ2) is 5.27. The molecule has 0 spiro atoms. The third-order valence-electron chi connectivity index (χ3n) is 3.81. The highest BCUT2D eigenvalue weighted by atomic mass is 16.2. The van der Waals surface area contributed by atoms with Crippen LogP contribution in [0.1, 0.15) is 23.5 Å². The summed E-state index contributed by atoms with van der Waals surface area (Å²) in [5.41, 5.74) is 2.44. The van der Waals surface area contributed by atoms with Crippen LogP contribution in [0.5, 0.6) is 0 Å². The summed E-state index contributed by atoms with van der Waals surface area (Å²) in [5.74, 6) is 0.382. The lowest BCUT2D eigenvalue weighted by Gasteiger charge is -2.22. The fourth-order valence-electron chi connectivity index (χ4n) is 2.91. The molecule has 19 heavy (non-hydrogen) atoms. The first kappa shape index (κ1) is 12.0. The van der Waals surface area contributed by atoms with Crippen molar-refractivity contribution in [3.63, 3.8) is 0 Å². The Labute approximate surface area is 113 Å². The van der Waals surface area contributed by atoms with Crippen LogP contribution in [0.15, 0.2) is 60.7 Å². The number of amides is 1. The first-order valence-corrected chi connectivity index (χ1v) is 6.74. The van der Waals surface area contributed by atoms with Crippen LogP contribution in [0.3, 0.4) is 0 Å². The molecular weight excluding hydrogens is 234 g/mol. The molecule has 0 bridgehead atoms. The first-order chi connectivity index (χ1) is 9.36. The molecule has 0 saturated carbocycles. The highest BCUT2D eigenvalue weighted by Gasteiger charge is 2.33. The molecule has 3 rings (SSSR count). The molecule has 1 heterocycles. The monoisotopic (exact) mass is 251 g/mol. The Kier molecular flexibility index (Phi) is 3.32. The normalized spacial score (nSPS) is 18.6. The number of hydrogen-bond acceptors (Lipinski definition) is 1. The summed E-state index contributed by atoms with van der Waals surface area (Å²) in [6.45, 7) is 0.791. The standard InChI is InChI=1S/C17H17NO/c19-17-15(11-12-18-17)16(13-7-3-1-4-8-13)14-9-5-2-6-10-14/h1-10,15-16H,11-12H2,(H,18,19). The van der Waals surface area contributed by atoms with E-state index in [-0.39, 0.29) is 17.7 Å². The molecule has 96 valence electrons. The molecule has 2 aromatic carbocycles. The van der Waals surface area contributed by atoms with Crippen molar-refractivity contribution in [2.24, 2.45) is 5.92 Å². The van der Waals surface area contributed by atoms with Gasteiger partial charge in [-0.25, -0.2) is 0 Å². The molecule has 0 aliphatic carbocycles. The maximum Gasteiger partial charge on any atom is 0.224 e. The van der Waals surface area contributed by atoms with Crippen LogP contribution in [0.25, 0.3) is 0 Å². The van der Waals surface area contributed by atoms with Gasteiger partial charge in [0.05, 0.1) is 5.92 Å². The first-order valence-electron chi connectivity index (χ1n) is 6.74. The van der Waals surface area contributed by atoms with Gasteiger partial charge in [0.15, 0.2) is 0 Å². The van der Waals surface area contributed by atoms with Crippen molar-refractivity contribution in [3.8, 4) is 0 Å². The van der Waals surface area contributed by atoms with Gasteiger partial charge in [0.2, 0.25) is 5.91 Å². The van der Waals surface area contributed by atoms with Gasteiger partial charge in [-0.1, -0.05) is 60.7 Å². The summed E-state index contributed by atoms with van der Waals surface area (Å²) < 4.78 is 0. The Balaban J connectivity index is 2.03. The maximum atomic E-state index is 12.1. The molecule has 2 aromatic rings. The van der Waals surface area contributed by atoms with Crippen LogP contribution in [-0.2, 0) is 4.79 Å². The zero-order chi connectivity index (χ0) is 13.1. The average Bonchev–Trinajstić information content (AvgIpc) is 2.88. The van der Waals surface area contributed by atoms with Crippen molar-refractivity contribution in [3.05, 3.63) is 71.8 Å². The summed E-state index contributed by atoms with van der Waals surface area (Å²) in [6, 6.07) is 20.6. The van der Waals surface area contributed by atoms with Crippen molar-refractivity contribution in [1.29, 1.82) is 0 Å². The zero-order valence-electron chi connectivity index (χ0n) is 10.8. The number of carbonyl (C=O) groups is 1.